The van der Waals surface area contributed by atoms with Crippen LogP contribution in [0.3, 0.4) is 0 Å². The minimum absolute atomic E-state index is 0. The van der Waals surface area contributed by atoms with E-state index in [1.54, 1.807) is 0 Å². The zero-order chi connectivity index (χ0) is 16.4. The average molecular weight is 449 g/mol. The number of halogens is 2. The fourth-order valence-electron chi connectivity index (χ4n) is 5.45. The summed E-state index contributed by atoms with van der Waals surface area (Å²) in [5.74, 6) is 3.18. The molecule has 6 unspecified atom stereocenters. The van der Waals surface area contributed by atoms with Crippen molar-refractivity contribution in [3.63, 3.8) is 0 Å². The number of thioether (sulfide) groups is 2. The monoisotopic (exact) mass is 448 g/mol. The van der Waals surface area contributed by atoms with Crippen molar-refractivity contribution in [3.8, 4) is 0 Å². The molecule has 0 N–H and O–H groups in total. The first kappa shape index (κ1) is 22.1. The molecule has 4 aliphatic rings. The van der Waals surface area contributed by atoms with Crippen LogP contribution < -0.4 is 0 Å². The molecule has 1 saturated carbocycles. The first-order valence-corrected chi connectivity index (χ1v) is 14.5. The number of nitrogens with zero attached hydrogens (tertiary/aromatic N) is 1. The second-order valence-electron chi connectivity index (χ2n) is 7.68. The van der Waals surface area contributed by atoms with Gasteiger partial charge in [0, 0.05) is 21.0 Å². The Labute approximate surface area is 172 Å². The second-order valence-corrected chi connectivity index (χ2v) is 13.0. The Morgan fingerprint density at radius 2 is 1.42 bits per heavy atom. The Balaban J connectivity index is 0.000000487. The summed E-state index contributed by atoms with van der Waals surface area (Å²) in [7, 11) is 9.65. The van der Waals surface area contributed by atoms with E-state index in [2.05, 4.69) is 42.3 Å². The van der Waals surface area contributed by atoms with Crippen molar-refractivity contribution in [1.29, 1.82) is 0 Å². The molecule has 142 valence electrons. The molecule has 6 atom stereocenters. The molecule has 0 bridgehead atoms. The molecule has 0 spiro atoms. The van der Waals surface area contributed by atoms with Gasteiger partial charge in [-0.3, -0.25) is 0 Å². The molecule has 0 aromatic heterocycles. The number of hydrogen-bond donors (Lipinski definition) is 0. The molecule has 1 aliphatic carbocycles. The molecule has 0 radical (unpaired) electrons. The quantitative estimate of drug-likeness (QED) is 0.491. The number of likely N-dealkylation sites (tertiary alicyclic amines) is 1. The van der Waals surface area contributed by atoms with Crippen LogP contribution in [0, 0.1) is 25.2 Å². The maximum absolute atomic E-state index is 4.83. The first-order valence-electron chi connectivity index (χ1n) is 9.06. The molecule has 0 aromatic carbocycles. The Hall–Kier alpha value is 1.77. The molecule has 1 nitrogen and oxygen atoms in total. The number of fused-ring (bicyclic) bond motifs is 3. The molecule has 3 heterocycles. The zero-order valence-corrected chi connectivity index (χ0v) is 19.5. The van der Waals surface area contributed by atoms with Gasteiger partial charge < -0.3 is 12.3 Å². The standard InChI is InChI=1S/C17H29NS2.CH3.2ClH.Cr/c1-11-9-14-13(5-8-18-6-3-4-7-18)15-10-12(2)20-17(15)16(14)19-11;;;;/h11-17H,3-10H2,1-2H3;1H3;2*1H;/q;-1;;;+2/p-2. The van der Waals surface area contributed by atoms with Crippen LogP contribution in [0.5, 0.6) is 0 Å². The van der Waals surface area contributed by atoms with E-state index in [0.29, 0.717) is 0 Å². The topological polar surface area (TPSA) is 3.24 Å². The summed E-state index contributed by atoms with van der Waals surface area (Å²) in [4.78, 5) is 2.74. The van der Waals surface area contributed by atoms with Gasteiger partial charge in [-0.15, -0.1) is 0 Å². The second kappa shape index (κ2) is 10.4. The van der Waals surface area contributed by atoms with Crippen LogP contribution in [0.25, 0.3) is 0 Å². The van der Waals surface area contributed by atoms with Gasteiger partial charge in [-0.05, 0) is 69.5 Å². The van der Waals surface area contributed by atoms with Gasteiger partial charge in [0.25, 0.3) is 0 Å². The van der Waals surface area contributed by atoms with E-state index in [1.807, 2.05) is 0 Å². The van der Waals surface area contributed by atoms with Gasteiger partial charge >= 0.3 is 33.5 Å². The number of rotatable bonds is 3. The summed E-state index contributed by atoms with van der Waals surface area (Å²) in [5, 5.41) is 3.87. The summed E-state index contributed by atoms with van der Waals surface area (Å²) in [6, 6.07) is 0. The Morgan fingerprint density at radius 1 is 0.958 bits per heavy atom. The normalized spacial score (nSPS) is 43.8. The van der Waals surface area contributed by atoms with Gasteiger partial charge in [-0.25, -0.2) is 0 Å². The Morgan fingerprint density at radius 3 is 1.88 bits per heavy atom. The number of hydrogen-bond acceptors (Lipinski definition) is 3. The third-order valence-corrected chi connectivity index (χ3v) is 9.63. The predicted molar refractivity (Wildman–Crippen MR) is 110 cm³/mol. The SMILES string of the molecule is CC1CC2C(CCN3CCCC3)C3CC(C)SC3C2S1.[CH3-].[Cl][Cr][Cl]. The van der Waals surface area contributed by atoms with Crippen LogP contribution >= 0.6 is 43.6 Å². The van der Waals surface area contributed by atoms with Crippen molar-refractivity contribution in [3.05, 3.63) is 7.43 Å². The minimum atomic E-state index is -0.181. The van der Waals surface area contributed by atoms with Crippen molar-refractivity contribution in [2.24, 2.45) is 17.8 Å². The van der Waals surface area contributed by atoms with Gasteiger partial charge in [-0.2, -0.15) is 23.5 Å². The van der Waals surface area contributed by atoms with Crippen molar-refractivity contribution >= 4 is 43.6 Å². The molecular weight excluding hydrogens is 417 g/mol. The van der Waals surface area contributed by atoms with E-state index in [0.717, 1.165) is 38.8 Å². The summed E-state index contributed by atoms with van der Waals surface area (Å²) < 4.78 is 0. The van der Waals surface area contributed by atoms with Crippen molar-refractivity contribution in [1.82, 2.24) is 4.90 Å². The molecule has 24 heavy (non-hydrogen) atoms. The molecule has 0 amide bonds. The molecule has 4 rings (SSSR count). The Bertz CT molecular complexity index is 360. The molecule has 6 heteroatoms. The summed E-state index contributed by atoms with van der Waals surface area (Å²) >= 11 is 4.50. The van der Waals surface area contributed by atoms with Crippen molar-refractivity contribution in [2.45, 2.75) is 67.0 Å². The van der Waals surface area contributed by atoms with Crippen LogP contribution in [0.1, 0.15) is 46.0 Å². The molecular formula is C18H32Cl2CrNS2-. The van der Waals surface area contributed by atoms with Crippen LogP contribution in [0.4, 0.5) is 0 Å². The molecule has 3 aliphatic heterocycles. The first-order chi connectivity index (χ1) is 11.1. The van der Waals surface area contributed by atoms with Crippen LogP contribution in [-0.2, 0) is 13.4 Å². The van der Waals surface area contributed by atoms with E-state index < -0.39 is 0 Å². The fourth-order valence-corrected chi connectivity index (χ4v) is 9.31. The van der Waals surface area contributed by atoms with Gasteiger partial charge in [-0.1, -0.05) is 13.8 Å². The van der Waals surface area contributed by atoms with E-state index in [9.17, 15) is 0 Å². The third kappa shape index (κ3) is 4.98. The summed E-state index contributed by atoms with van der Waals surface area (Å²) in [6.07, 6.45) is 7.43. The summed E-state index contributed by atoms with van der Waals surface area (Å²) in [6.45, 7) is 9.10. The fraction of sp³-hybridized carbons (Fsp3) is 0.944. The summed E-state index contributed by atoms with van der Waals surface area (Å²) in [5.41, 5.74) is 0. The predicted octanol–water partition coefficient (Wildman–Crippen LogP) is 5.95. The van der Waals surface area contributed by atoms with Gasteiger partial charge in [0.15, 0.2) is 0 Å². The van der Waals surface area contributed by atoms with Gasteiger partial charge in [0.05, 0.1) is 0 Å². The van der Waals surface area contributed by atoms with Crippen LogP contribution in [-0.4, -0.2) is 45.5 Å². The maximum atomic E-state index is 4.83. The van der Waals surface area contributed by atoms with Crippen molar-refractivity contribution < 1.29 is 13.4 Å². The van der Waals surface area contributed by atoms with E-state index in [4.69, 9.17) is 20.1 Å². The average Bonchev–Trinajstić information content (AvgIpc) is 3.23. The van der Waals surface area contributed by atoms with E-state index in [1.165, 1.54) is 51.7 Å². The van der Waals surface area contributed by atoms with Crippen molar-refractivity contribution in [2.75, 3.05) is 19.6 Å². The van der Waals surface area contributed by atoms with Crippen LogP contribution in [0.15, 0.2) is 0 Å². The van der Waals surface area contributed by atoms with Crippen LogP contribution in [0.2, 0.25) is 0 Å². The molecule has 3 saturated heterocycles. The Kier molecular flexibility index (Phi) is 9.52. The van der Waals surface area contributed by atoms with E-state index >= 15 is 0 Å². The molecule has 4 fully saturated rings. The van der Waals surface area contributed by atoms with E-state index in [-0.39, 0.29) is 20.8 Å². The van der Waals surface area contributed by atoms with Gasteiger partial charge in [0.2, 0.25) is 0 Å². The zero-order valence-electron chi connectivity index (χ0n) is 15.1. The van der Waals surface area contributed by atoms with Gasteiger partial charge in [0.1, 0.15) is 0 Å². The third-order valence-electron chi connectivity index (χ3n) is 6.23. The molecule has 0 aromatic rings.